The van der Waals surface area contributed by atoms with Crippen molar-refractivity contribution in [1.82, 2.24) is 24.8 Å². The zero-order valence-electron chi connectivity index (χ0n) is 15.6. The third-order valence-electron chi connectivity index (χ3n) is 4.21. The van der Waals surface area contributed by atoms with Gasteiger partial charge < -0.3 is 5.32 Å². The maximum absolute atomic E-state index is 4.37. The molecule has 4 rings (SSSR count). The zero-order valence-corrected chi connectivity index (χ0v) is 16.4. The Morgan fingerprint density at radius 1 is 1.07 bits per heavy atom. The van der Waals surface area contributed by atoms with Gasteiger partial charge in [0, 0.05) is 34.1 Å². The predicted molar refractivity (Wildman–Crippen MR) is 108 cm³/mol. The molecule has 3 heterocycles. The van der Waals surface area contributed by atoms with Gasteiger partial charge in [0.1, 0.15) is 11.6 Å². The number of H-pyrrole nitrogens is 1. The Labute approximate surface area is 162 Å². The van der Waals surface area contributed by atoms with Crippen molar-refractivity contribution >= 4 is 23.2 Å². The van der Waals surface area contributed by atoms with Gasteiger partial charge in [-0.25, -0.2) is 0 Å². The summed E-state index contributed by atoms with van der Waals surface area (Å²) in [6.07, 6.45) is 3.93. The topological polar surface area (TPSA) is 70.9 Å². The molecular weight excluding hydrogens is 356 g/mol. The van der Waals surface area contributed by atoms with E-state index in [0.29, 0.717) is 0 Å². The van der Waals surface area contributed by atoms with Gasteiger partial charge in [-0.15, -0.1) is 10.2 Å². The summed E-state index contributed by atoms with van der Waals surface area (Å²) >= 11 is 1.74. The molecule has 27 heavy (non-hydrogen) atoms. The standard InChI is InChI=1S/C20H22N6S/c1-20(2,3)19-25-24-18-9-8-15(13-26(18)19)27-16-7-5-4-6-14(16)12-21-17-10-11-22-23-17/h4-11,13H,12H2,1-3H3,(H2,21,22,23). The number of aromatic amines is 1. The Morgan fingerprint density at radius 3 is 2.70 bits per heavy atom. The van der Waals surface area contributed by atoms with Gasteiger partial charge >= 0.3 is 0 Å². The SMILES string of the molecule is CC(C)(C)c1nnc2ccc(Sc3ccccc3CNc3cc[nH]n3)cn12. The third kappa shape index (κ3) is 3.83. The molecule has 0 aliphatic rings. The lowest BCUT2D eigenvalue weighted by Gasteiger charge is -2.16. The van der Waals surface area contributed by atoms with E-state index in [1.165, 1.54) is 10.5 Å². The number of pyridine rings is 1. The second-order valence-electron chi connectivity index (χ2n) is 7.39. The van der Waals surface area contributed by atoms with Crippen molar-refractivity contribution in [2.45, 2.75) is 42.5 Å². The average molecular weight is 379 g/mol. The summed E-state index contributed by atoms with van der Waals surface area (Å²) in [5.41, 5.74) is 2.04. The quantitative estimate of drug-likeness (QED) is 0.534. The highest BCUT2D eigenvalue weighted by atomic mass is 32.2. The average Bonchev–Trinajstić information content (AvgIpc) is 3.30. The molecule has 7 heteroatoms. The van der Waals surface area contributed by atoms with Gasteiger partial charge in [0.05, 0.1) is 0 Å². The second-order valence-corrected chi connectivity index (χ2v) is 8.50. The van der Waals surface area contributed by atoms with Gasteiger partial charge in [-0.05, 0) is 29.8 Å². The van der Waals surface area contributed by atoms with E-state index in [2.05, 4.69) is 87.4 Å². The lowest BCUT2D eigenvalue weighted by molar-refractivity contribution is 0.538. The van der Waals surface area contributed by atoms with E-state index >= 15 is 0 Å². The maximum atomic E-state index is 4.37. The van der Waals surface area contributed by atoms with Crippen molar-refractivity contribution in [3.05, 3.63) is 66.2 Å². The van der Waals surface area contributed by atoms with Crippen LogP contribution < -0.4 is 5.32 Å². The van der Waals surface area contributed by atoms with Gasteiger partial charge in [-0.3, -0.25) is 9.50 Å². The van der Waals surface area contributed by atoms with Crippen molar-refractivity contribution < 1.29 is 0 Å². The van der Waals surface area contributed by atoms with Crippen LogP contribution in [-0.4, -0.2) is 24.8 Å². The molecule has 0 atom stereocenters. The first-order valence-corrected chi connectivity index (χ1v) is 9.67. The molecule has 138 valence electrons. The van der Waals surface area contributed by atoms with Crippen LogP contribution >= 0.6 is 11.8 Å². The number of aromatic nitrogens is 5. The van der Waals surface area contributed by atoms with Crippen LogP contribution in [-0.2, 0) is 12.0 Å². The lowest BCUT2D eigenvalue weighted by atomic mass is 9.96. The Bertz CT molecular complexity index is 1050. The van der Waals surface area contributed by atoms with E-state index < -0.39 is 0 Å². The molecule has 0 radical (unpaired) electrons. The van der Waals surface area contributed by atoms with Crippen molar-refractivity contribution in [3.8, 4) is 0 Å². The minimum absolute atomic E-state index is 0.0614. The fourth-order valence-electron chi connectivity index (χ4n) is 2.86. The third-order valence-corrected chi connectivity index (χ3v) is 5.30. The Morgan fingerprint density at radius 2 is 1.93 bits per heavy atom. The molecule has 0 aliphatic heterocycles. The molecule has 0 fully saturated rings. The molecule has 1 aromatic carbocycles. The van der Waals surface area contributed by atoms with E-state index in [1.54, 1.807) is 11.8 Å². The summed E-state index contributed by atoms with van der Waals surface area (Å²) in [5, 5.41) is 19.0. The van der Waals surface area contributed by atoms with Crippen molar-refractivity contribution in [3.63, 3.8) is 0 Å². The van der Waals surface area contributed by atoms with E-state index in [-0.39, 0.29) is 5.41 Å². The van der Waals surface area contributed by atoms with Gasteiger partial charge in [0.25, 0.3) is 0 Å². The molecule has 0 saturated heterocycles. The summed E-state index contributed by atoms with van der Waals surface area (Å²) in [5.74, 6) is 1.81. The van der Waals surface area contributed by atoms with Crippen LogP contribution in [0.3, 0.4) is 0 Å². The summed E-state index contributed by atoms with van der Waals surface area (Å²) in [4.78, 5) is 2.37. The van der Waals surface area contributed by atoms with Crippen LogP contribution in [0, 0.1) is 0 Å². The van der Waals surface area contributed by atoms with Crippen LogP contribution in [0.15, 0.2) is 64.6 Å². The van der Waals surface area contributed by atoms with Gasteiger partial charge in [0.2, 0.25) is 0 Å². The monoisotopic (exact) mass is 378 g/mol. The number of anilines is 1. The van der Waals surface area contributed by atoms with E-state index in [0.717, 1.165) is 28.7 Å². The first-order valence-electron chi connectivity index (χ1n) is 8.85. The maximum Gasteiger partial charge on any atom is 0.160 e. The fraction of sp³-hybridized carbons (Fsp3) is 0.250. The highest BCUT2D eigenvalue weighted by molar-refractivity contribution is 7.99. The predicted octanol–water partition coefficient (Wildman–Crippen LogP) is 4.51. The molecule has 2 N–H and O–H groups in total. The molecule has 0 spiro atoms. The minimum atomic E-state index is -0.0614. The van der Waals surface area contributed by atoms with E-state index in [1.807, 2.05) is 18.3 Å². The number of fused-ring (bicyclic) bond motifs is 1. The fourth-order valence-corrected chi connectivity index (χ4v) is 3.83. The van der Waals surface area contributed by atoms with Gasteiger partial charge in [-0.2, -0.15) is 5.10 Å². The number of hydrogen-bond acceptors (Lipinski definition) is 5. The molecule has 0 unspecified atom stereocenters. The molecule has 0 bridgehead atoms. The summed E-state index contributed by atoms with van der Waals surface area (Å²) in [6, 6.07) is 14.5. The van der Waals surface area contributed by atoms with Gasteiger partial charge in [0.15, 0.2) is 5.65 Å². The number of benzene rings is 1. The van der Waals surface area contributed by atoms with Crippen molar-refractivity contribution in [2.24, 2.45) is 0 Å². The molecule has 0 amide bonds. The summed E-state index contributed by atoms with van der Waals surface area (Å²) in [7, 11) is 0. The summed E-state index contributed by atoms with van der Waals surface area (Å²) in [6.45, 7) is 7.17. The van der Waals surface area contributed by atoms with Crippen LogP contribution in [0.2, 0.25) is 0 Å². The normalized spacial score (nSPS) is 11.8. The molecule has 3 aromatic heterocycles. The zero-order chi connectivity index (χ0) is 18.9. The van der Waals surface area contributed by atoms with Gasteiger partial charge in [-0.1, -0.05) is 50.7 Å². The molecule has 0 saturated carbocycles. The van der Waals surface area contributed by atoms with Crippen molar-refractivity contribution in [1.29, 1.82) is 0 Å². The second kappa shape index (κ2) is 7.08. The van der Waals surface area contributed by atoms with Crippen molar-refractivity contribution in [2.75, 3.05) is 5.32 Å². The minimum Gasteiger partial charge on any atom is -0.364 e. The highest BCUT2D eigenvalue weighted by Crippen LogP contribution is 2.32. The number of nitrogens with one attached hydrogen (secondary N) is 2. The lowest BCUT2D eigenvalue weighted by Crippen LogP contribution is -2.15. The number of rotatable bonds is 5. The number of nitrogens with zero attached hydrogens (tertiary/aromatic N) is 4. The highest BCUT2D eigenvalue weighted by Gasteiger charge is 2.21. The van der Waals surface area contributed by atoms with E-state index in [4.69, 9.17) is 0 Å². The first kappa shape index (κ1) is 17.6. The molecular formula is C20H22N6S. The van der Waals surface area contributed by atoms with Crippen LogP contribution in [0.1, 0.15) is 32.2 Å². The molecule has 6 nitrogen and oxygen atoms in total. The number of hydrogen-bond donors (Lipinski definition) is 2. The first-order chi connectivity index (χ1) is 13.0. The Hall–Kier alpha value is -2.80. The van der Waals surface area contributed by atoms with Crippen LogP contribution in [0.25, 0.3) is 5.65 Å². The van der Waals surface area contributed by atoms with Crippen LogP contribution in [0.5, 0.6) is 0 Å². The molecule has 4 aromatic rings. The molecule has 0 aliphatic carbocycles. The van der Waals surface area contributed by atoms with E-state index in [9.17, 15) is 0 Å². The smallest absolute Gasteiger partial charge is 0.160 e. The van der Waals surface area contributed by atoms with Crippen LogP contribution in [0.4, 0.5) is 5.82 Å². The largest absolute Gasteiger partial charge is 0.364 e. The summed E-state index contributed by atoms with van der Waals surface area (Å²) < 4.78 is 2.09. The Balaban J connectivity index is 1.60. The Kier molecular flexibility index (Phi) is 4.61.